The van der Waals surface area contributed by atoms with Gasteiger partial charge in [-0.15, -0.1) is 0 Å². The quantitative estimate of drug-likeness (QED) is 0.645. The minimum atomic E-state index is -0.952. The molecule has 0 heterocycles. The molecule has 1 amide bonds. The van der Waals surface area contributed by atoms with Gasteiger partial charge >= 0.3 is 5.97 Å². The van der Waals surface area contributed by atoms with Gasteiger partial charge in [0, 0.05) is 25.7 Å². The highest BCUT2D eigenvalue weighted by molar-refractivity contribution is 5.89. The van der Waals surface area contributed by atoms with Crippen LogP contribution in [-0.2, 0) is 16.1 Å². The predicted molar refractivity (Wildman–Crippen MR) is 68.8 cm³/mol. The second kappa shape index (κ2) is 5.28. The van der Waals surface area contributed by atoms with Crippen LogP contribution in [0.3, 0.4) is 0 Å². The highest BCUT2D eigenvalue weighted by Gasteiger charge is 2.49. The molecule has 0 spiro atoms. The van der Waals surface area contributed by atoms with E-state index in [0.29, 0.717) is 12.0 Å². The van der Waals surface area contributed by atoms with E-state index in [9.17, 15) is 19.7 Å². The maximum atomic E-state index is 12.0. The van der Waals surface area contributed by atoms with Gasteiger partial charge in [0.15, 0.2) is 0 Å². The highest BCUT2D eigenvalue weighted by Crippen LogP contribution is 2.40. The Morgan fingerprint density at radius 2 is 2.15 bits per heavy atom. The molecule has 7 heteroatoms. The predicted octanol–water partition coefficient (Wildman–Crippen LogP) is 1.27. The van der Waals surface area contributed by atoms with Gasteiger partial charge in [-0.2, -0.15) is 0 Å². The lowest BCUT2D eigenvalue weighted by molar-refractivity contribution is -0.384. The third kappa shape index (κ3) is 2.93. The number of aliphatic carboxylic acids is 1. The number of nitro benzene ring substituents is 1. The van der Waals surface area contributed by atoms with E-state index in [-0.39, 0.29) is 18.1 Å². The molecule has 1 aliphatic carbocycles. The van der Waals surface area contributed by atoms with E-state index >= 15 is 0 Å². The van der Waals surface area contributed by atoms with Crippen molar-refractivity contribution in [2.24, 2.45) is 11.8 Å². The van der Waals surface area contributed by atoms with Crippen LogP contribution in [0.4, 0.5) is 5.69 Å². The van der Waals surface area contributed by atoms with Crippen LogP contribution in [0.5, 0.6) is 0 Å². The molecule has 1 aliphatic rings. The number of carboxylic acid groups (broad SMARTS) is 1. The molecule has 20 heavy (non-hydrogen) atoms. The number of benzene rings is 1. The normalized spacial score (nSPS) is 20.2. The summed E-state index contributed by atoms with van der Waals surface area (Å²) in [4.78, 5) is 34.3. The Kier molecular flexibility index (Phi) is 3.69. The van der Waals surface area contributed by atoms with E-state index in [1.165, 1.54) is 17.0 Å². The molecule has 1 N–H and O–H groups in total. The molecule has 1 fully saturated rings. The zero-order valence-electron chi connectivity index (χ0n) is 10.9. The van der Waals surface area contributed by atoms with Crippen molar-refractivity contribution in [3.8, 4) is 0 Å². The smallest absolute Gasteiger partial charge is 0.307 e. The van der Waals surface area contributed by atoms with Gasteiger partial charge in [0.05, 0.1) is 16.8 Å². The topological polar surface area (TPSA) is 101 Å². The Bertz CT molecular complexity index is 572. The fourth-order valence-corrected chi connectivity index (χ4v) is 2.14. The molecule has 1 aromatic carbocycles. The summed E-state index contributed by atoms with van der Waals surface area (Å²) >= 11 is 0. The van der Waals surface area contributed by atoms with Crippen molar-refractivity contribution in [1.82, 2.24) is 4.90 Å². The summed E-state index contributed by atoms with van der Waals surface area (Å²) in [6, 6.07) is 6.04. The van der Waals surface area contributed by atoms with Crippen molar-refractivity contribution < 1.29 is 19.6 Å². The number of nitro groups is 1. The number of hydrogen-bond acceptors (Lipinski definition) is 4. The maximum Gasteiger partial charge on any atom is 0.307 e. The molecule has 106 valence electrons. The number of non-ortho nitro benzene ring substituents is 1. The van der Waals surface area contributed by atoms with E-state index in [1.807, 2.05) is 0 Å². The third-order valence-corrected chi connectivity index (χ3v) is 3.34. The van der Waals surface area contributed by atoms with Crippen LogP contribution in [0, 0.1) is 22.0 Å². The Balaban J connectivity index is 1.99. The van der Waals surface area contributed by atoms with Gasteiger partial charge in [0.1, 0.15) is 0 Å². The average Bonchev–Trinajstić information content (AvgIpc) is 3.18. The van der Waals surface area contributed by atoms with Gasteiger partial charge in [0.25, 0.3) is 5.69 Å². The van der Waals surface area contributed by atoms with Gasteiger partial charge < -0.3 is 10.0 Å². The van der Waals surface area contributed by atoms with Crippen LogP contribution in [0.15, 0.2) is 24.3 Å². The molecule has 0 aliphatic heterocycles. The van der Waals surface area contributed by atoms with E-state index in [2.05, 4.69) is 0 Å². The number of carboxylic acids is 1. The number of carbonyl (C=O) groups excluding carboxylic acids is 1. The number of rotatable bonds is 5. The van der Waals surface area contributed by atoms with E-state index in [0.717, 1.165) is 0 Å². The molecule has 1 aromatic rings. The van der Waals surface area contributed by atoms with Gasteiger partial charge in [-0.3, -0.25) is 19.7 Å². The Morgan fingerprint density at radius 1 is 1.45 bits per heavy atom. The van der Waals surface area contributed by atoms with Crippen LogP contribution < -0.4 is 0 Å². The minimum absolute atomic E-state index is 0.0295. The fraction of sp³-hybridized carbons (Fsp3) is 0.385. The second-order valence-electron chi connectivity index (χ2n) is 4.91. The lowest BCUT2D eigenvalue weighted by Crippen LogP contribution is -2.28. The maximum absolute atomic E-state index is 12.0. The SMILES string of the molecule is CN(Cc1cccc([N+](=O)[O-])c1)C(=O)[C@@H]1C[C@@H]1C(=O)O. The molecule has 2 rings (SSSR count). The highest BCUT2D eigenvalue weighted by atomic mass is 16.6. The lowest BCUT2D eigenvalue weighted by Gasteiger charge is -2.17. The summed E-state index contributed by atoms with van der Waals surface area (Å²) in [7, 11) is 1.57. The zero-order valence-corrected chi connectivity index (χ0v) is 10.9. The van der Waals surface area contributed by atoms with Crippen molar-refractivity contribution in [3.05, 3.63) is 39.9 Å². The molecule has 2 atom stereocenters. The molecular formula is C13H14N2O5. The molecule has 0 bridgehead atoms. The Labute approximate surface area is 115 Å². The average molecular weight is 278 g/mol. The first-order valence-corrected chi connectivity index (χ1v) is 6.11. The molecule has 0 aromatic heterocycles. The molecule has 7 nitrogen and oxygen atoms in total. The third-order valence-electron chi connectivity index (χ3n) is 3.34. The van der Waals surface area contributed by atoms with Gasteiger partial charge in [0.2, 0.25) is 5.91 Å². The van der Waals surface area contributed by atoms with Crippen molar-refractivity contribution in [2.75, 3.05) is 7.05 Å². The Hall–Kier alpha value is -2.44. The summed E-state index contributed by atoms with van der Waals surface area (Å²) in [5, 5.41) is 19.5. The van der Waals surface area contributed by atoms with Crippen LogP contribution in [0.25, 0.3) is 0 Å². The minimum Gasteiger partial charge on any atom is -0.481 e. The number of amides is 1. The first kappa shape index (κ1) is 14.0. The molecular weight excluding hydrogens is 264 g/mol. The van der Waals surface area contributed by atoms with Crippen LogP contribution in [0.2, 0.25) is 0 Å². The van der Waals surface area contributed by atoms with Gasteiger partial charge in [-0.05, 0) is 12.0 Å². The van der Waals surface area contributed by atoms with Crippen molar-refractivity contribution in [2.45, 2.75) is 13.0 Å². The van der Waals surface area contributed by atoms with Gasteiger partial charge in [-0.1, -0.05) is 12.1 Å². The number of hydrogen-bond donors (Lipinski definition) is 1. The molecule has 0 radical (unpaired) electrons. The van der Waals surface area contributed by atoms with Crippen LogP contribution in [-0.4, -0.2) is 33.9 Å². The van der Waals surface area contributed by atoms with E-state index in [1.54, 1.807) is 19.2 Å². The first-order chi connectivity index (χ1) is 9.40. The molecule has 1 saturated carbocycles. The molecule has 0 unspecified atom stereocenters. The number of nitrogens with zero attached hydrogens (tertiary/aromatic N) is 2. The zero-order chi connectivity index (χ0) is 14.9. The largest absolute Gasteiger partial charge is 0.481 e. The first-order valence-electron chi connectivity index (χ1n) is 6.11. The van der Waals surface area contributed by atoms with Gasteiger partial charge in [-0.25, -0.2) is 0 Å². The number of carbonyl (C=O) groups is 2. The standard InChI is InChI=1S/C13H14N2O5/c1-14(12(16)10-6-11(10)13(17)18)7-8-3-2-4-9(5-8)15(19)20/h2-5,10-11H,6-7H2,1H3,(H,17,18)/t10-,11+/m1/s1. The van der Waals surface area contributed by atoms with Crippen LogP contribution in [0.1, 0.15) is 12.0 Å². The van der Waals surface area contributed by atoms with Crippen molar-refractivity contribution in [1.29, 1.82) is 0 Å². The summed E-state index contributed by atoms with van der Waals surface area (Å²) in [5.41, 5.74) is 0.612. The summed E-state index contributed by atoms with van der Waals surface area (Å²) in [6.45, 7) is 0.226. The monoisotopic (exact) mass is 278 g/mol. The van der Waals surface area contributed by atoms with Crippen molar-refractivity contribution in [3.63, 3.8) is 0 Å². The van der Waals surface area contributed by atoms with E-state index in [4.69, 9.17) is 5.11 Å². The lowest BCUT2D eigenvalue weighted by atomic mass is 10.2. The fourth-order valence-electron chi connectivity index (χ4n) is 2.14. The summed E-state index contributed by atoms with van der Waals surface area (Å²) in [6.07, 6.45) is 0.368. The van der Waals surface area contributed by atoms with Crippen molar-refractivity contribution >= 4 is 17.6 Å². The summed E-state index contributed by atoms with van der Waals surface area (Å²) in [5.74, 6) is -2.23. The summed E-state index contributed by atoms with van der Waals surface area (Å²) < 4.78 is 0. The van der Waals surface area contributed by atoms with E-state index < -0.39 is 22.7 Å². The molecule has 0 saturated heterocycles. The Morgan fingerprint density at radius 3 is 2.70 bits per heavy atom. The second-order valence-corrected chi connectivity index (χ2v) is 4.91. The van der Waals surface area contributed by atoms with Crippen LogP contribution >= 0.6 is 0 Å².